The fourth-order valence-electron chi connectivity index (χ4n) is 3.53. The summed E-state index contributed by atoms with van der Waals surface area (Å²) in [5.41, 5.74) is 0.957. The van der Waals surface area contributed by atoms with E-state index >= 15 is 0 Å². The van der Waals surface area contributed by atoms with Crippen molar-refractivity contribution in [1.29, 1.82) is 0 Å². The highest BCUT2D eigenvalue weighted by Crippen LogP contribution is 2.32. The van der Waals surface area contributed by atoms with E-state index in [0.29, 0.717) is 36.0 Å². The van der Waals surface area contributed by atoms with Crippen molar-refractivity contribution in [1.82, 2.24) is 10.6 Å². The van der Waals surface area contributed by atoms with E-state index in [9.17, 15) is 4.79 Å². The van der Waals surface area contributed by atoms with Gasteiger partial charge in [0.05, 0.1) is 0 Å². The second-order valence-corrected chi connectivity index (χ2v) is 7.51. The van der Waals surface area contributed by atoms with E-state index in [1.54, 1.807) is 0 Å². The summed E-state index contributed by atoms with van der Waals surface area (Å²) in [7, 11) is 0. The number of nitrogens with one attached hydrogen (secondary N) is 2. The van der Waals surface area contributed by atoms with Crippen LogP contribution in [-0.4, -0.2) is 18.0 Å². The molecule has 1 aromatic carbocycles. The van der Waals surface area contributed by atoms with Gasteiger partial charge in [0.25, 0.3) is 0 Å². The van der Waals surface area contributed by atoms with E-state index in [4.69, 9.17) is 11.6 Å². The Morgan fingerprint density at radius 1 is 1.32 bits per heavy atom. The normalized spacial score (nSPS) is 26.4. The maximum atomic E-state index is 12.1. The van der Waals surface area contributed by atoms with E-state index < -0.39 is 0 Å². The molecular weight excluding hydrogens is 387 g/mol. The molecular formula is C16H21BrCl2N2O. The largest absolute Gasteiger partial charge is 0.352 e. The topological polar surface area (TPSA) is 41.1 Å². The van der Waals surface area contributed by atoms with Crippen LogP contribution in [0, 0.1) is 5.92 Å². The molecule has 1 amide bonds. The van der Waals surface area contributed by atoms with Crippen molar-refractivity contribution in [2.45, 2.75) is 50.7 Å². The lowest BCUT2D eigenvalue weighted by Crippen LogP contribution is -2.39. The fourth-order valence-corrected chi connectivity index (χ4v) is 4.28. The van der Waals surface area contributed by atoms with E-state index in [-0.39, 0.29) is 18.3 Å². The minimum Gasteiger partial charge on any atom is -0.352 e. The molecule has 2 aliphatic rings. The molecule has 0 spiro atoms. The highest BCUT2D eigenvalue weighted by atomic mass is 79.9. The van der Waals surface area contributed by atoms with Crippen LogP contribution in [0.15, 0.2) is 22.7 Å². The molecule has 0 aromatic heterocycles. The number of fused-ring (bicyclic) bond motifs is 2. The molecule has 3 nitrogen and oxygen atoms in total. The predicted molar refractivity (Wildman–Crippen MR) is 95.5 cm³/mol. The lowest BCUT2D eigenvalue weighted by Gasteiger charge is -2.28. The first-order valence-electron chi connectivity index (χ1n) is 7.57. The number of hydrogen-bond acceptors (Lipinski definition) is 2. The van der Waals surface area contributed by atoms with Crippen molar-refractivity contribution in [2.75, 3.05) is 0 Å². The summed E-state index contributed by atoms with van der Waals surface area (Å²) in [6.07, 6.45) is 5.48. The summed E-state index contributed by atoms with van der Waals surface area (Å²) in [6.45, 7) is 0.503. The number of piperidine rings is 1. The number of benzene rings is 1. The zero-order valence-electron chi connectivity index (χ0n) is 12.3. The maximum Gasteiger partial charge on any atom is 0.220 e. The lowest BCUT2D eigenvalue weighted by molar-refractivity contribution is -0.122. The van der Waals surface area contributed by atoms with E-state index in [1.807, 2.05) is 18.2 Å². The SMILES string of the molecule is Cl.O=C(CC1CC2CCC(C1)N2)NCc1ccc(Br)cc1Cl. The Bertz CT molecular complexity index is 529. The third-order valence-electron chi connectivity index (χ3n) is 4.54. The molecule has 0 aliphatic carbocycles. The number of carbonyl (C=O) groups is 1. The summed E-state index contributed by atoms with van der Waals surface area (Å²) in [5.74, 6) is 0.671. The van der Waals surface area contributed by atoms with Gasteiger partial charge in [-0.2, -0.15) is 0 Å². The number of carbonyl (C=O) groups excluding carboxylic acids is 1. The molecule has 2 bridgehead atoms. The molecule has 2 atom stereocenters. The Morgan fingerprint density at radius 2 is 2.00 bits per heavy atom. The van der Waals surface area contributed by atoms with Crippen molar-refractivity contribution >= 4 is 45.8 Å². The monoisotopic (exact) mass is 406 g/mol. The average Bonchev–Trinajstić information content (AvgIpc) is 2.77. The van der Waals surface area contributed by atoms with E-state index in [0.717, 1.165) is 22.9 Å². The molecule has 22 heavy (non-hydrogen) atoms. The lowest BCUT2D eigenvalue weighted by atomic mass is 9.89. The minimum atomic E-state index is 0. The van der Waals surface area contributed by atoms with Gasteiger partial charge in [0.2, 0.25) is 5.91 Å². The Kier molecular flexibility index (Phi) is 6.57. The highest BCUT2D eigenvalue weighted by Gasteiger charge is 2.34. The van der Waals surface area contributed by atoms with Crippen LogP contribution in [0.5, 0.6) is 0 Å². The van der Waals surface area contributed by atoms with Crippen LogP contribution in [0.3, 0.4) is 0 Å². The Morgan fingerprint density at radius 3 is 2.64 bits per heavy atom. The minimum absolute atomic E-state index is 0. The number of halogens is 3. The van der Waals surface area contributed by atoms with Crippen LogP contribution in [-0.2, 0) is 11.3 Å². The number of hydrogen-bond donors (Lipinski definition) is 2. The number of rotatable bonds is 4. The van der Waals surface area contributed by atoms with Crippen LogP contribution in [0.1, 0.15) is 37.7 Å². The van der Waals surface area contributed by atoms with Gasteiger partial charge >= 0.3 is 0 Å². The second kappa shape index (κ2) is 8.00. The van der Waals surface area contributed by atoms with Gasteiger partial charge in [-0.05, 0) is 49.3 Å². The van der Waals surface area contributed by atoms with Gasteiger partial charge in [-0.3, -0.25) is 4.79 Å². The Balaban J connectivity index is 0.00000176. The molecule has 3 rings (SSSR count). The summed E-state index contributed by atoms with van der Waals surface area (Å²) in [5, 5.41) is 7.29. The molecule has 2 fully saturated rings. The van der Waals surface area contributed by atoms with Crippen molar-refractivity contribution in [3.05, 3.63) is 33.3 Å². The maximum absolute atomic E-state index is 12.1. The molecule has 2 unspecified atom stereocenters. The average molecular weight is 408 g/mol. The van der Waals surface area contributed by atoms with Gasteiger partial charge in [-0.1, -0.05) is 33.6 Å². The summed E-state index contributed by atoms with van der Waals surface area (Å²) in [6, 6.07) is 7.02. The van der Waals surface area contributed by atoms with Crippen molar-refractivity contribution in [2.24, 2.45) is 5.92 Å². The highest BCUT2D eigenvalue weighted by molar-refractivity contribution is 9.10. The van der Waals surface area contributed by atoms with Crippen LogP contribution in [0.25, 0.3) is 0 Å². The summed E-state index contributed by atoms with van der Waals surface area (Å²) >= 11 is 9.54. The molecule has 6 heteroatoms. The van der Waals surface area contributed by atoms with Crippen LogP contribution in [0.2, 0.25) is 5.02 Å². The second-order valence-electron chi connectivity index (χ2n) is 6.19. The van der Waals surface area contributed by atoms with Gasteiger partial charge in [-0.15, -0.1) is 12.4 Å². The third kappa shape index (κ3) is 4.60. The molecule has 2 saturated heterocycles. The molecule has 2 aliphatic heterocycles. The van der Waals surface area contributed by atoms with Crippen molar-refractivity contribution in [3.63, 3.8) is 0 Å². The Hall–Kier alpha value is -0.290. The first-order chi connectivity index (χ1) is 10.1. The third-order valence-corrected chi connectivity index (χ3v) is 5.38. The Labute approximate surface area is 151 Å². The van der Waals surface area contributed by atoms with Crippen LogP contribution < -0.4 is 10.6 Å². The quantitative estimate of drug-likeness (QED) is 0.789. The van der Waals surface area contributed by atoms with Crippen molar-refractivity contribution < 1.29 is 4.79 Å². The molecule has 0 saturated carbocycles. The number of amides is 1. The summed E-state index contributed by atoms with van der Waals surface area (Å²) < 4.78 is 0.952. The molecule has 122 valence electrons. The standard InChI is InChI=1S/C16H20BrClN2O.ClH/c17-12-2-1-11(15(18)8-12)9-19-16(21)7-10-5-13-3-4-14(6-10)20-13;/h1-2,8,10,13-14,20H,3-7,9H2,(H,19,21);1H. The van der Waals surface area contributed by atoms with Gasteiger partial charge in [-0.25, -0.2) is 0 Å². The van der Waals surface area contributed by atoms with Gasteiger partial charge in [0.15, 0.2) is 0 Å². The van der Waals surface area contributed by atoms with Gasteiger partial charge in [0.1, 0.15) is 0 Å². The molecule has 2 heterocycles. The van der Waals surface area contributed by atoms with Crippen molar-refractivity contribution in [3.8, 4) is 0 Å². The predicted octanol–water partition coefficient (Wildman–Crippen LogP) is 4.06. The zero-order chi connectivity index (χ0) is 14.8. The fraction of sp³-hybridized carbons (Fsp3) is 0.562. The van der Waals surface area contributed by atoms with Gasteiger partial charge < -0.3 is 10.6 Å². The van der Waals surface area contributed by atoms with E-state index in [1.165, 1.54) is 12.8 Å². The summed E-state index contributed by atoms with van der Waals surface area (Å²) in [4.78, 5) is 12.1. The van der Waals surface area contributed by atoms with Crippen LogP contribution >= 0.6 is 39.9 Å². The van der Waals surface area contributed by atoms with Gasteiger partial charge in [0, 0.05) is 34.5 Å². The molecule has 0 radical (unpaired) electrons. The molecule has 2 N–H and O–H groups in total. The molecule has 1 aromatic rings. The first kappa shape index (κ1) is 18.1. The zero-order valence-corrected chi connectivity index (χ0v) is 15.4. The smallest absolute Gasteiger partial charge is 0.220 e. The first-order valence-corrected chi connectivity index (χ1v) is 8.74. The van der Waals surface area contributed by atoms with E-state index in [2.05, 4.69) is 26.6 Å². The van der Waals surface area contributed by atoms with Crippen LogP contribution in [0.4, 0.5) is 0 Å².